The van der Waals surface area contributed by atoms with E-state index in [1.54, 1.807) is 0 Å². The van der Waals surface area contributed by atoms with Crippen LogP contribution in [0.25, 0.3) is 0 Å². The number of carbonyl (C=O) groups excluding carboxylic acids is 2. The highest BCUT2D eigenvalue weighted by Gasteiger charge is 2.56. The minimum absolute atomic E-state index is 0.0955. The molecule has 0 aromatic rings. The predicted molar refractivity (Wildman–Crippen MR) is 108 cm³/mol. The van der Waals surface area contributed by atoms with Crippen LogP contribution in [0.1, 0.15) is 59.3 Å². The molecule has 4 bridgehead atoms. The van der Waals surface area contributed by atoms with Crippen molar-refractivity contribution >= 4 is 11.9 Å². The van der Waals surface area contributed by atoms with Crippen molar-refractivity contribution in [1.82, 2.24) is 20.4 Å². The molecule has 0 aromatic carbocycles. The third kappa shape index (κ3) is 3.42. The van der Waals surface area contributed by atoms with Crippen molar-refractivity contribution in [3.63, 3.8) is 0 Å². The number of likely N-dealkylation sites (tertiary alicyclic amines) is 2. The summed E-state index contributed by atoms with van der Waals surface area (Å²) in [6, 6.07) is 0.163. The molecule has 3 amide bonds. The van der Waals surface area contributed by atoms with Gasteiger partial charge in [-0.15, -0.1) is 0 Å². The zero-order chi connectivity index (χ0) is 19.7. The van der Waals surface area contributed by atoms with Crippen molar-refractivity contribution < 1.29 is 9.59 Å². The van der Waals surface area contributed by atoms with Crippen LogP contribution in [0.15, 0.2) is 0 Å². The predicted octanol–water partition coefficient (Wildman–Crippen LogP) is 2.20. The Labute approximate surface area is 168 Å². The fraction of sp³-hybridized carbons (Fsp3) is 0.909. The number of nitrogens with one attached hydrogen (secondary N) is 2. The maximum atomic E-state index is 12.9. The summed E-state index contributed by atoms with van der Waals surface area (Å²) in [5, 5.41) is 6.52. The molecule has 6 nitrogen and oxygen atoms in total. The van der Waals surface area contributed by atoms with Crippen molar-refractivity contribution in [3.8, 4) is 0 Å². The Morgan fingerprint density at radius 1 is 0.929 bits per heavy atom. The van der Waals surface area contributed by atoms with Crippen LogP contribution >= 0.6 is 0 Å². The molecule has 2 N–H and O–H groups in total. The highest BCUT2D eigenvalue weighted by molar-refractivity contribution is 5.79. The fourth-order valence-corrected chi connectivity index (χ4v) is 7.35. The molecule has 6 aliphatic rings. The summed E-state index contributed by atoms with van der Waals surface area (Å²) in [5.41, 5.74) is 0.161. The topological polar surface area (TPSA) is 64.7 Å². The lowest BCUT2D eigenvalue weighted by molar-refractivity contribution is -0.133. The first-order valence-electron chi connectivity index (χ1n) is 11.2. The summed E-state index contributed by atoms with van der Waals surface area (Å²) in [5.74, 6) is 2.66. The number of carbonyl (C=O) groups is 2. The summed E-state index contributed by atoms with van der Waals surface area (Å²) < 4.78 is 0. The van der Waals surface area contributed by atoms with Crippen LogP contribution in [0.2, 0.25) is 0 Å². The zero-order valence-corrected chi connectivity index (χ0v) is 17.7. The van der Waals surface area contributed by atoms with Crippen LogP contribution < -0.4 is 10.6 Å². The van der Waals surface area contributed by atoms with Gasteiger partial charge in [0.1, 0.15) is 0 Å². The molecule has 2 aliphatic heterocycles. The van der Waals surface area contributed by atoms with E-state index in [1.807, 2.05) is 25.7 Å². The van der Waals surface area contributed by atoms with E-state index in [0.29, 0.717) is 6.54 Å². The van der Waals surface area contributed by atoms with Gasteiger partial charge < -0.3 is 15.5 Å². The highest BCUT2D eigenvalue weighted by atomic mass is 16.2. The molecule has 4 aliphatic carbocycles. The van der Waals surface area contributed by atoms with Crippen LogP contribution in [0, 0.1) is 23.2 Å². The molecule has 0 aromatic heterocycles. The molecular formula is C22H36N4O2. The van der Waals surface area contributed by atoms with Gasteiger partial charge in [-0.1, -0.05) is 0 Å². The normalized spacial score (nSPS) is 38.1. The maximum Gasteiger partial charge on any atom is 0.317 e. The Balaban J connectivity index is 1.08. The quantitative estimate of drug-likeness (QED) is 0.779. The summed E-state index contributed by atoms with van der Waals surface area (Å²) in [4.78, 5) is 29.2. The van der Waals surface area contributed by atoms with E-state index in [1.165, 1.54) is 38.5 Å². The first-order valence-corrected chi connectivity index (χ1v) is 11.2. The average Bonchev–Trinajstić information content (AvgIpc) is 2.44. The van der Waals surface area contributed by atoms with E-state index in [2.05, 4.69) is 15.5 Å². The monoisotopic (exact) mass is 388 g/mol. The standard InChI is InChI=1S/C22H36N4O2/c1-20(2,3)23-18(27)10-25-11-21(12-25)13-26(14-21)19(28)24-22-7-15-4-16(8-22)6-17(5-15)9-22/h15-17H,4-14H2,1-3H3,(H,23,27)(H,24,28). The van der Waals surface area contributed by atoms with E-state index >= 15 is 0 Å². The summed E-state index contributed by atoms with van der Waals surface area (Å²) in [6.07, 6.45) is 7.84. The SMILES string of the molecule is CC(C)(C)NC(=O)CN1CC2(C1)CN(C(=O)NC13CC4CC(CC(C4)C1)C3)C2. The highest BCUT2D eigenvalue weighted by Crippen LogP contribution is 2.55. The number of hydrogen-bond acceptors (Lipinski definition) is 3. The van der Waals surface area contributed by atoms with Gasteiger partial charge in [-0.05, 0) is 77.0 Å². The molecule has 2 saturated heterocycles. The van der Waals surface area contributed by atoms with Gasteiger partial charge in [-0.25, -0.2) is 4.79 Å². The van der Waals surface area contributed by atoms with Gasteiger partial charge in [-0.2, -0.15) is 0 Å². The Morgan fingerprint density at radius 3 is 1.96 bits per heavy atom. The molecule has 0 radical (unpaired) electrons. The molecule has 0 atom stereocenters. The maximum absolute atomic E-state index is 12.9. The van der Waals surface area contributed by atoms with E-state index in [4.69, 9.17) is 0 Å². The number of nitrogens with zero attached hydrogens (tertiary/aromatic N) is 2. The van der Waals surface area contributed by atoms with E-state index in [9.17, 15) is 9.59 Å². The van der Waals surface area contributed by atoms with Crippen LogP contribution in [0.3, 0.4) is 0 Å². The Morgan fingerprint density at radius 2 is 1.46 bits per heavy atom. The molecule has 6 fully saturated rings. The Kier molecular flexibility index (Phi) is 4.08. The minimum Gasteiger partial charge on any atom is -0.350 e. The van der Waals surface area contributed by atoms with Gasteiger partial charge in [0.25, 0.3) is 0 Å². The van der Waals surface area contributed by atoms with Crippen LogP contribution in [-0.2, 0) is 4.79 Å². The van der Waals surface area contributed by atoms with E-state index in [-0.39, 0.29) is 28.4 Å². The van der Waals surface area contributed by atoms with Gasteiger partial charge >= 0.3 is 6.03 Å². The van der Waals surface area contributed by atoms with Crippen LogP contribution in [0.4, 0.5) is 4.79 Å². The summed E-state index contributed by atoms with van der Waals surface area (Å²) in [6.45, 7) is 10.1. The number of hydrogen-bond donors (Lipinski definition) is 2. The van der Waals surface area contributed by atoms with Gasteiger partial charge in [0.15, 0.2) is 0 Å². The van der Waals surface area contributed by atoms with Crippen molar-refractivity contribution in [3.05, 3.63) is 0 Å². The second kappa shape index (κ2) is 6.10. The van der Waals surface area contributed by atoms with Gasteiger partial charge in [0.05, 0.1) is 6.54 Å². The first-order chi connectivity index (χ1) is 13.1. The second-order valence-electron chi connectivity index (χ2n) is 11.9. The number of urea groups is 1. The third-order valence-corrected chi connectivity index (χ3v) is 7.75. The summed E-state index contributed by atoms with van der Waals surface area (Å²) >= 11 is 0. The molecule has 6 heteroatoms. The van der Waals surface area contributed by atoms with Crippen molar-refractivity contribution in [2.24, 2.45) is 23.2 Å². The lowest BCUT2D eigenvalue weighted by atomic mass is 9.53. The molecule has 156 valence electrons. The van der Waals surface area contributed by atoms with Crippen molar-refractivity contribution in [1.29, 1.82) is 0 Å². The van der Waals surface area contributed by atoms with E-state index < -0.39 is 0 Å². The average molecular weight is 389 g/mol. The second-order valence-corrected chi connectivity index (χ2v) is 11.9. The largest absolute Gasteiger partial charge is 0.350 e. The third-order valence-electron chi connectivity index (χ3n) is 7.75. The molecule has 2 heterocycles. The van der Waals surface area contributed by atoms with Crippen LogP contribution in [-0.4, -0.2) is 65.5 Å². The van der Waals surface area contributed by atoms with Crippen molar-refractivity contribution in [2.45, 2.75) is 70.4 Å². The lowest BCUT2D eigenvalue weighted by Crippen LogP contribution is -2.75. The molecular weight excluding hydrogens is 352 g/mol. The molecule has 4 saturated carbocycles. The van der Waals surface area contributed by atoms with E-state index in [0.717, 1.165) is 43.9 Å². The Hall–Kier alpha value is -1.30. The molecule has 6 rings (SSSR count). The Bertz CT molecular complexity index is 633. The van der Waals surface area contributed by atoms with Gasteiger partial charge in [0, 0.05) is 42.7 Å². The molecule has 1 spiro atoms. The lowest BCUT2D eigenvalue weighted by Gasteiger charge is -2.61. The zero-order valence-electron chi connectivity index (χ0n) is 17.7. The summed E-state index contributed by atoms with van der Waals surface area (Å²) in [7, 11) is 0. The first kappa shape index (κ1) is 18.7. The van der Waals surface area contributed by atoms with Gasteiger partial charge in [-0.3, -0.25) is 9.69 Å². The fourth-order valence-electron chi connectivity index (χ4n) is 7.35. The minimum atomic E-state index is -0.178. The van der Waals surface area contributed by atoms with Gasteiger partial charge in [0.2, 0.25) is 5.91 Å². The smallest absolute Gasteiger partial charge is 0.317 e. The van der Waals surface area contributed by atoms with Crippen molar-refractivity contribution in [2.75, 3.05) is 32.7 Å². The molecule has 28 heavy (non-hydrogen) atoms. The number of amides is 3. The number of rotatable bonds is 3. The molecule has 0 unspecified atom stereocenters. The van der Waals surface area contributed by atoms with Crippen LogP contribution in [0.5, 0.6) is 0 Å².